The summed E-state index contributed by atoms with van der Waals surface area (Å²) < 4.78 is 28.0. The van der Waals surface area contributed by atoms with E-state index < -0.39 is 15.6 Å². The molecular weight excluding hydrogens is 366 g/mol. The fourth-order valence-corrected chi connectivity index (χ4v) is 4.12. The first-order chi connectivity index (χ1) is 10.4. The van der Waals surface area contributed by atoms with Crippen molar-refractivity contribution in [3.63, 3.8) is 0 Å². The second-order valence-electron chi connectivity index (χ2n) is 5.47. The summed E-state index contributed by atoms with van der Waals surface area (Å²) in [4.78, 5) is 0.186. The molecular formula is C16H16BrNO3S. The van der Waals surface area contributed by atoms with Gasteiger partial charge in [0.1, 0.15) is 5.60 Å². The maximum atomic E-state index is 12.3. The second kappa shape index (κ2) is 5.77. The molecule has 0 fully saturated rings. The highest BCUT2D eigenvalue weighted by Crippen LogP contribution is 2.36. The third-order valence-electron chi connectivity index (χ3n) is 4.01. The lowest BCUT2D eigenvalue weighted by Crippen LogP contribution is -2.39. The third kappa shape index (κ3) is 2.96. The minimum atomic E-state index is -3.64. The van der Waals surface area contributed by atoms with Gasteiger partial charge in [-0.2, -0.15) is 0 Å². The molecule has 0 aromatic heterocycles. The summed E-state index contributed by atoms with van der Waals surface area (Å²) in [6.45, 7) is -0.0254. The molecule has 0 radical (unpaired) electrons. The Kier molecular flexibility index (Phi) is 4.11. The van der Waals surface area contributed by atoms with Crippen LogP contribution in [0, 0.1) is 0 Å². The monoisotopic (exact) mass is 381 g/mol. The number of sulfonamides is 1. The smallest absolute Gasteiger partial charge is 0.240 e. The normalized spacial score (nSPS) is 20.8. The van der Waals surface area contributed by atoms with Crippen LogP contribution in [0.2, 0.25) is 0 Å². The summed E-state index contributed by atoms with van der Waals surface area (Å²) in [6.07, 6.45) is 1.28. The molecule has 0 aliphatic heterocycles. The molecule has 0 heterocycles. The van der Waals surface area contributed by atoms with E-state index in [1.165, 1.54) is 12.1 Å². The van der Waals surface area contributed by atoms with E-state index in [0.717, 1.165) is 22.0 Å². The number of aliphatic hydroxyl groups is 1. The number of fused-ring (bicyclic) bond motifs is 1. The molecule has 0 saturated heterocycles. The fraction of sp³-hybridized carbons (Fsp3) is 0.250. The molecule has 4 nitrogen and oxygen atoms in total. The number of aryl methyl sites for hydroxylation is 1. The standard InChI is InChI=1S/C16H16BrNO3S/c17-13-5-7-14(8-6-13)22(20,21)18-11-16(19)10-9-12-3-1-2-4-15(12)16/h1-8,18-19H,9-11H2. The molecule has 0 amide bonds. The largest absolute Gasteiger partial charge is 0.384 e. The minimum absolute atomic E-state index is 0.0254. The van der Waals surface area contributed by atoms with Crippen LogP contribution in [0.5, 0.6) is 0 Å². The van der Waals surface area contributed by atoms with Crippen LogP contribution in [0.1, 0.15) is 17.5 Å². The van der Waals surface area contributed by atoms with Gasteiger partial charge in [0.2, 0.25) is 10.0 Å². The average molecular weight is 382 g/mol. The highest BCUT2D eigenvalue weighted by Gasteiger charge is 2.37. The van der Waals surface area contributed by atoms with Gasteiger partial charge in [0.15, 0.2) is 0 Å². The molecule has 0 saturated carbocycles. The Labute approximate surface area is 138 Å². The molecule has 1 unspecified atom stereocenters. The molecule has 0 bridgehead atoms. The van der Waals surface area contributed by atoms with Gasteiger partial charge in [0.05, 0.1) is 4.90 Å². The summed E-state index contributed by atoms with van der Waals surface area (Å²) in [5.74, 6) is 0. The van der Waals surface area contributed by atoms with Crippen LogP contribution in [0.15, 0.2) is 57.9 Å². The zero-order valence-corrected chi connectivity index (χ0v) is 14.2. The Hall–Kier alpha value is -1.21. The number of nitrogens with one attached hydrogen (secondary N) is 1. The third-order valence-corrected chi connectivity index (χ3v) is 5.95. The van der Waals surface area contributed by atoms with Crippen molar-refractivity contribution < 1.29 is 13.5 Å². The van der Waals surface area contributed by atoms with E-state index in [2.05, 4.69) is 20.7 Å². The number of halogens is 1. The maximum Gasteiger partial charge on any atom is 0.240 e. The van der Waals surface area contributed by atoms with Crippen LogP contribution in [0.4, 0.5) is 0 Å². The fourth-order valence-electron chi connectivity index (χ4n) is 2.76. The Morgan fingerprint density at radius 3 is 2.55 bits per heavy atom. The molecule has 2 aromatic carbocycles. The summed E-state index contributed by atoms with van der Waals surface area (Å²) >= 11 is 3.28. The molecule has 0 spiro atoms. The SMILES string of the molecule is O=S(=O)(NCC1(O)CCc2ccccc21)c1ccc(Br)cc1. The van der Waals surface area contributed by atoms with Crippen LogP contribution in [-0.2, 0) is 22.0 Å². The van der Waals surface area contributed by atoms with Crippen molar-refractivity contribution in [2.24, 2.45) is 0 Å². The van der Waals surface area contributed by atoms with Crippen LogP contribution in [0.3, 0.4) is 0 Å². The Bertz CT molecular complexity index is 789. The van der Waals surface area contributed by atoms with Crippen molar-refractivity contribution in [2.75, 3.05) is 6.54 Å². The van der Waals surface area contributed by atoms with E-state index in [4.69, 9.17) is 0 Å². The lowest BCUT2D eigenvalue weighted by Gasteiger charge is -2.24. The summed E-state index contributed by atoms with van der Waals surface area (Å²) in [5, 5.41) is 10.8. The first-order valence-corrected chi connectivity index (χ1v) is 9.24. The number of rotatable bonds is 4. The van der Waals surface area contributed by atoms with Gasteiger partial charge in [0.25, 0.3) is 0 Å². The van der Waals surface area contributed by atoms with Gasteiger partial charge in [-0.25, -0.2) is 13.1 Å². The van der Waals surface area contributed by atoms with Crippen LogP contribution in [-0.4, -0.2) is 20.1 Å². The molecule has 116 valence electrons. The van der Waals surface area contributed by atoms with Crippen LogP contribution in [0.25, 0.3) is 0 Å². The highest BCUT2D eigenvalue weighted by atomic mass is 79.9. The predicted octanol–water partition coefficient (Wildman–Crippen LogP) is 2.56. The van der Waals surface area contributed by atoms with Gasteiger partial charge in [-0.05, 0) is 48.2 Å². The number of benzene rings is 2. The number of hydrogen-bond donors (Lipinski definition) is 2. The molecule has 22 heavy (non-hydrogen) atoms. The van der Waals surface area contributed by atoms with E-state index in [9.17, 15) is 13.5 Å². The lowest BCUT2D eigenvalue weighted by molar-refractivity contribution is 0.0442. The molecule has 3 rings (SSSR count). The second-order valence-corrected chi connectivity index (χ2v) is 8.15. The van der Waals surface area contributed by atoms with Crippen molar-refractivity contribution in [2.45, 2.75) is 23.3 Å². The predicted molar refractivity (Wildman–Crippen MR) is 88.0 cm³/mol. The quantitative estimate of drug-likeness (QED) is 0.854. The topological polar surface area (TPSA) is 66.4 Å². The van der Waals surface area contributed by atoms with Gasteiger partial charge < -0.3 is 5.11 Å². The summed E-state index contributed by atoms with van der Waals surface area (Å²) in [5.41, 5.74) is 0.750. The molecule has 1 aliphatic carbocycles. The van der Waals surface area contributed by atoms with E-state index in [1.54, 1.807) is 12.1 Å². The zero-order chi connectivity index (χ0) is 15.8. The number of hydrogen-bond acceptors (Lipinski definition) is 3. The summed E-state index contributed by atoms with van der Waals surface area (Å²) in [7, 11) is -3.64. The lowest BCUT2D eigenvalue weighted by atomic mass is 9.96. The van der Waals surface area contributed by atoms with Crippen LogP contribution < -0.4 is 4.72 Å². The first-order valence-electron chi connectivity index (χ1n) is 6.97. The Balaban J connectivity index is 1.79. The van der Waals surface area contributed by atoms with Gasteiger partial charge in [-0.3, -0.25) is 0 Å². The van der Waals surface area contributed by atoms with Crippen molar-refractivity contribution in [3.05, 3.63) is 64.1 Å². The summed E-state index contributed by atoms with van der Waals surface area (Å²) in [6, 6.07) is 14.0. The molecule has 2 aromatic rings. The average Bonchev–Trinajstić information content (AvgIpc) is 2.85. The molecule has 2 N–H and O–H groups in total. The van der Waals surface area contributed by atoms with E-state index in [1.807, 2.05) is 24.3 Å². The first kappa shape index (κ1) is 15.7. The van der Waals surface area contributed by atoms with Crippen molar-refractivity contribution in [1.29, 1.82) is 0 Å². The van der Waals surface area contributed by atoms with Gasteiger partial charge in [0, 0.05) is 11.0 Å². The van der Waals surface area contributed by atoms with Crippen LogP contribution >= 0.6 is 15.9 Å². The van der Waals surface area contributed by atoms with Gasteiger partial charge in [-0.1, -0.05) is 40.2 Å². The van der Waals surface area contributed by atoms with E-state index in [-0.39, 0.29) is 11.4 Å². The Morgan fingerprint density at radius 2 is 1.82 bits per heavy atom. The Morgan fingerprint density at radius 1 is 1.14 bits per heavy atom. The van der Waals surface area contributed by atoms with Crippen molar-refractivity contribution >= 4 is 26.0 Å². The minimum Gasteiger partial charge on any atom is -0.384 e. The van der Waals surface area contributed by atoms with E-state index in [0.29, 0.717) is 6.42 Å². The maximum absolute atomic E-state index is 12.3. The van der Waals surface area contributed by atoms with Crippen molar-refractivity contribution in [3.8, 4) is 0 Å². The van der Waals surface area contributed by atoms with Crippen molar-refractivity contribution in [1.82, 2.24) is 4.72 Å². The van der Waals surface area contributed by atoms with Gasteiger partial charge >= 0.3 is 0 Å². The molecule has 1 atom stereocenters. The molecule has 1 aliphatic rings. The molecule has 6 heteroatoms. The van der Waals surface area contributed by atoms with E-state index >= 15 is 0 Å². The zero-order valence-electron chi connectivity index (χ0n) is 11.8. The highest BCUT2D eigenvalue weighted by molar-refractivity contribution is 9.10. The van der Waals surface area contributed by atoms with Gasteiger partial charge in [-0.15, -0.1) is 0 Å².